The number of fused-ring (bicyclic) bond motifs is 1. The molecule has 5 rings (SSSR count). The van der Waals surface area contributed by atoms with Gasteiger partial charge in [-0.15, -0.1) is 0 Å². The normalized spacial score (nSPS) is 20.2. The molecule has 0 aromatic heterocycles. The largest absolute Gasteiger partial charge is 0.489 e. The second kappa shape index (κ2) is 10.6. The van der Waals surface area contributed by atoms with E-state index in [-0.39, 0.29) is 43.2 Å². The van der Waals surface area contributed by atoms with Crippen molar-refractivity contribution in [3.63, 3.8) is 0 Å². The molecule has 0 aliphatic carbocycles. The lowest BCUT2D eigenvalue weighted by Gasteiger charge is -2.36. The summed E-state index contributed by atoms with van der Waals surface area (Å²) in [5.74, 6) is -0.400. The third-order valence-electron chi connectivity index (χ3n) is 8.66. The highest BCUT2D eigenvalue weighted by Gasteiger charge is 2.40. The maximum Gasteiger partial charge on any atom is 0.255 e. The molecule has 0 radical (unpaired) electrons. The lowest BCUT2D eigenvalue weighted by molar-refractivity contribution is -0.143. The van der Waals surface area contributed by atoms with E-state index in [1.54, 1.807) is 12.1 Å². The Kier molecular flexibility index (Phi) is 7.42. The minimum atomic E-state index is -0.668. The van der Waals surface area contributed by atoms with Crippen LogP contribution in [-0.4, -0.2) is 98.5 Å². The number of imide groups is 1. The number of morpholine rings is 1. The smallest absolute Gasteiger partial charge is 0.255 e. The zero-order valence-electron chi connectivity index (χ0n) is 23.2. The van der Waals surface area contributed by atoms with Gasteiger partial charge in [-0.05, 0) is 29.7 Å². The average molecular weight is 523 g/mol. The van der Waals surface area contributed by atoms with Crippen LogP contribution in [0.4, 0.5) is 0 Å². The summed E-state index contributed by atoms with van der Waals surface area (Å²) in [6.45, 7) is 1.83. The molecule has 2 atom stereocenters. The minimum Gasteiger partial charge on any atom is -0.489 e. The van der Waals surface area contributed by atoms with Crippen LogP contribution >= 0.6 is 0 Å². The molecule has 0 spiro atoms. The molecule has 2 aromatic carbocycles. The van der Waals surface area contributed by atoms with Crippen LogP contribution < -0.4 is 31.9 Å². The molecule has 2 unspecified atom stereocenters. The first-order chi connectivity index (χ1) is 18.6. The summed E-state index contributed by atoms with van der Waals surface area (Å²) in [7, 11) is 10.4. The van der Waals surface area contributed by atoms with Crippen LogP contribution in [0.3, 0.4) is 0 Å². The number of rotatable bonds is 6. The summed E-state index contributed by atoms with van der Waals surface area (Å²) in [6, 6.07) is 4.73. The molecular weight excluding hydrogens is 492 g/mol. The highest BCUT2D eigenvalue weighted by Crippen LogP contribution is 2.33. The van der Waals surface area contributed by atoms with Gasteiger partial charge in [-0.2, -0.15) is 0 Å². The lowest BCUT2D eigenvalue weighted by atomic mass is 9.61. The van der Waals surface area contributed by atoms with Crippen molar-refractivity contribution < 1.29 is 28.7 Å². The van der Waals surface area contributed by atoms with Crippen LogP contribution in [-0.2, 0) is 32.3 Å². The van der Waals surface area contributed by atoms with Crippen LogP contribution in [0.5, 0.6) is 5.75 Å². The van der Waals surface area contributed by atoms with Crippen molar-refractivity contribution in [1.82, 2.24) is 15.1 Å². The number of hydrogen-bond acceptors (Lipinski definition) is 6. The van der Waals surface area contributed by atoms with E-state index in [1.807, 2.05) is 11.0 Å². The topological polar surface area (TPSA) is 105 Å². The summed E-state index contributed by atoms with van der Waals surface area (Å²) in [5, 5.41) is 2.34. The Labute approximate surface area is 232 Å². The number of nitrogens with one attached hydrogen (secondary N) is 1. The zero-order valence-corrected chi connectivity index (χ0v) is 23.2. The van der Waals surface area contributed by atoms with Gasteiger partial charge < -0.3 is 19.3 Å². The summed E-state index contributed by atoms with van der Waals surface area (Å²) in [6.07, 6.45) is 0.532. The Balaban J connectivity index is 1.38. The van der Waals surface area contributed by atoms with Crippen molar-refractivity contribution in [1.29, 1.82) is 0 Å². The van der Waals surface area contributed by atoms with Crippen molar-refractivity contribution in [3.05, 3.63) is 40.5 Å². The van der Waals surface area contributed by atoms with Gasteiger partial charge in [0, 0.05) is 30.0 Å². The predicted molar refractivity (Wildman–Crippen MR) is 160 cm³/mol. The maximum atomic E-state index is 13.2. The van der Waals surface area contributed by atoms with Gasteiger partial charge in [-0.3, -0.25) is 24.5 Å². The van der Waals surface area contributed by atoms with Gasteiger partial charge in [-0.25, -0.2) is 0 Å². The Morgan fingerprint density at radius 1 is 1.05 bits per heavy atom. The van der Waals surface area contributed by atoms with Gasteiger partial charge in [0.1, 0.15) is 64.2 Å². The molecular formula is C25H30B5N3O6. The van der Waals surface area contributed by atoms with Gasteiger partial charge in [0.2, 0.25) is 17.7 Å². The van der Waals surface area contributed by atoms with E-state index in [0.29, 0.717) is 37.5 Å². The monoisotopic (exact) mass is 523 g/mol. The number of nitrogens with zero attached hydrogens (tertiary/aromatic N) is 2. The van der Waals surface area contributed by atoms with Gasteiger partial charge in [0.15, 0.2) is 0 Å². The van der Waals surface area contributed by atoms with E-state index in [1.165, 1.54) is 4.90 Å². The van der Waals surface area contributed by atoms with Crippen LogP contribution in [0.15, 0.2) is 18.2 Å². The highest BCUT2D eigenvalue weighted by atomic mass is 16.5. The fourth-order valence-corrected chi connectivity index (χ4v) is 6.20. The fraction of sp³-hybridized carbons (Fsp3) is 0.360. The summed E-state index contributed by atoms with van der Waals surface area (Å²) in [5.41, 5.74) is 8.05. The van der Waals surface area contributed by atoms with Crippen LogP contribution in [0.1, 0.15) is 45.8 Å². The molecule has 14 heteroatoms. The number of hydrogen-bond donors (Lipinski definition) is 1. The Morgan fingerprint density at radius 2 is 1.77 bits per heavy atom. The molecule has 9 nitrogen and oxygen atoms in total. The van der Waals surface area contributed by atoms with Crippen molar-refractivity contribution >= 4 is 84.7 Å². The van der Waals surface area contributed by atoms with Gasteiger partial charge >= 0.3 is 0 Å². The molecule has 3 heterocycles. The second-order valence-electron chi connectivity index (χ2n) is 10.7. The van der Waals surface area contributed by atoms with Crippen molar-refractivity contribution in [2.24, 2.45) is 0 Å². The number of ether oxygens (including phenoxy) is 2. The Hall–Kier alpha value is -3.40. The molecule has 2 aromatic rings. The Bertz CT molecular complexity index is 1370. The number of amides is 4. The first-order valence-corrected chi connectivity index (χ1v) is 13.5. The standard InChI is InChI=1S/C25H30B5N3O6/c26-19-13(20(27)22(29)18(21(19)28)23(30)32-6-7-38-10-17(32)35)9-39-15-3-1-2-11-12(15)8-33(25(11)37)14-4-5-16(34)31-24(14)36/h1-3,14,23H,4-10,26-30H2,(H,31,34,36). The van der Waals surface area contributed by atoms with Crippen LogP contribution in [0.2, 0.25) is 0 Å². The van der Waals surface area contributed by atoms with E-state index in [0.717, 1.165) is 38.5 Å². The van der Waals surface area contributed by atoms with E-state index in [2.05, 4.69) is 44.5 Å². The molecule has 39 heavy (non-hydrogen) atoms. The third-order valence-corrected chi connectivity index (χ3v) is 8.66. The third kappa shape index (κ3) is 4.79. The number of carbonyl (C=O) groups is 4. The minimum absolute atomic E-state index is 0.00842. The van der Waals surface area contributed by atoms with Crippen molar-refractivity contribution in [2.45, 2.75) is 38.0 Å². The summed E-state index contributed by atoms with van der Waals surface area (Å²) < 4.78 is 11.7. The number of piperidine rings is 1. The van der Waals surface area contributed by atoms with Crippen LogP contribution in [0.25, 0.3) is 0 Å². The summed E-state index contributed by atoms with van der Waals surface area (Å²) in [4.78, 5) is 53.1. The van der Waals surface area contributed by atoms with E-state index < -0.39 is 11.9 Å². The molecule has 1 N–H and O–H groups in total. The van der Waals surface area contributed by atoms with Crippen molar-refractivity contribution in [2.75, 3.05) is 19.8 Å². The molecule has 0 bridgehead atoms. The quantitative estimate of drug-likeness (QED) is 0.299. The Morgan fingerprint density at radius 3 is 2.44 bits per heavy atom. The summed E-state index contributed by atoms with van der Waals surface area (Å²) >= 11 is 0. The van der Waals surface area contributed by atoms with Crippen LogP contribution in [0, 0.1) is 0 Å². The van der Waals surface area contributed by atoms with E-state index in [4.69, 9.17) is 9.47 Å². The SMILES string of the molecule is Bc1c(B)c(C(B)N2CCOCC2=O)c(B)c(B)c1COc1cccc2c1CN(C1CCC(=O)NC1=O)C2=O. The molecule has 2 saturated heterocycles. The molecule has 3 aliphatic rings. The number of benzene rings is 2. The highest BCUT2D eigenvalue weighted by molar-refractivity contribution is 6.58. The molecule has 0 saturated carbocycles. The molecule has 3 aliphatic heterocycles. The predicted octanol–water partition coefficient (Wildman–Crippen LogP) is -6.45. The lowest BCUT2D eigenvalue weighted by Crippen LogP contribution is -2.53. The maximum absolute atomic E-state index is 13.2. The van der Waals surface area contributed by atoms with Crippen molar-refractivity contribution in [3.8, 4) is 5.75 Å². The zero-order chi connectivity index (χ0) is 28.0. The fourth-order valence-electron chi connectivity index (χ4n) is 6.20. The van der Waals surface area contributed by atoms with E-state index >= 15 is 0 Å². The molecule has 2 fully saturated rings. The van der Waals surface area contributed by atoms with E-state index in [9.17, 15) is 19.2 Å². The number of carbonyl (C=O) groups excluding carboxylic acids is 4. The van der Waals surface area contributed by atoms with Gasteiger partial charge in [0.25, 0.3) is 5.91 Å². The van der Waals surface area contributed by atoms with Gasteiger partial charge in [-0.1, -0.05) is 27.9 Å². The molecule has 4 amide bonds. The second-order valence-corrected chi connectivity index (χ2v) is 10.7. The molecule has 196 valence electrons. The first kappa shape index (κ1) is 27.2. The average Bonchev–Trinajstić information content (AvgIpc) is 3.24. The van der Waals surface area contributed by atoms with Gasteiger partial charge in [0.05, 0.1) is 13.2 Å². The first-order valence-electron chi connectivity index (χ1n) is 13.5.